The summed E-state index contributed by atoms with van der Waals surface area (Å²) in [4.78, 5) is 14.8. The van der Waals surface area contributed by atoms with Crippen LogP contribution >= 0.6 is 0 Å². The summed E-state index contributed by atoms with van der Waals surface area (Å²) in [7, 11) is -3.41. The summed E-state index contributed by atoms with van der Waals surface area (Å²) < 4.78 is 27.3. The van der Waals surface area contributed by atoms with E-state index in [2.05, 4.69) is 0 Å². The first-order valence-electron chi connectivity index (χ1n) is 8.94. The van der Waals surface area contributed by atoms with E-state index in [9.17, 15) is 13.2 Å². The Morgan fingerprint density at radius 2 is 1.83 bits per heavy atom. The minimum atomic E-state index is -3.41. The van der Waals surface area contributed by atoms with Crippen LogP contribution < -0.4 is 4.90 Å². The van der Waals surface area contributed by atoms with Crippen LogP contribution in [0.15, 0.2) is 23.1 Å². The number of amides is 1. The summed E-state index contributed by atoms with van der Waals surface area (Å²) in [5.74, 6) is 0.378. The van der Waals surface area contributed by atoms with Crippen molar-refractivity contribution >= 4 is 21.6 Å². The van der Waals surface area contributed by atoms with Crippen LogP contribution in [0.1, 0.15) is 44.6 Å². The van der Waals surface area contributed by atoms with Gasteiger partial charge in [0.15, 0.2) is 0 Å². The van der Waals surface area contributed by atoms with E-state index in [0.717, 1.165) is 49.8 Å². The second-order valence-corrected chi connectivity index (χ2v) is 9.23. The van der Waals surface area contributed by atoms with Gasteiger partial charge in [0.2, 0.25) is 15.9 Å². The third-order valence-corrected chi connectivity index (χ3v) is 7.28. The summed E-state index contributed by atoms with van der Waals surface area (Å²) in [6.07, 6.45) is 5.68. The monoisotopic (exact) mass is 348 g/mol. The van der Waals surface area contributed by atoms with Crippen molar-refractivity contribution in [2.75, 3.05) is 18.0 Å². The van der Waals surface area contributed by atoms with Crippen molar-refractivity contribution in [1.82, 2.24) is 4.31 Å². The van der Waals surface area contributed by atoms with Crippen molar-refractivity contribution in [2.45, 2.75) is 56.4 Å². The predicted molar refractivity (Wildman–Crippen MR) is 92.4 cm³/mol. The molecule has 0 aromatic heterocycles. The molecule has 6 heteroatoms. The molecule has 24 heavy (non-hydrogen) atoms. The van der Waals surface area contributed by atoms with Gasteiger partial charge in [-0.2, -0.15) is 4.31 Å². The number of benzene rings is 1. The van der Waals surface area contributed by atoms with E-state index in [-0.39, 0.29) is 17.9 Å². The van der Waals surface area contributed by atoms with Crippen molar-refractivity contribution < 1.29 is 13.2 Å². The Bertz CT molecular complexity index is 764. The van der Waals surface area contributed by atoms with Gasteiger partial charge in [-0.15, -0.1) is 0 Å². The first-order valence-corrected chi connectivity index (χ1v) is 10.4. The van der Waals surface area contributed by atoms with Crippen LogP contribution in [0, 0.1) is 5.92 Å². The van der Waals surface area contributed by atoms with E-state index in [1.54, 1.807) is 16.4 Å². The van der Waals surface area contributed by atoms with Gasteiger partial charge in [0.25, 0.3) is 0 Å². The zero-order valence-corrected chi connectivity index (χ0v) is 14.9. The fraction of sp³-hybridized carbons (Fsp3) is 0.611. The van der Waals surface area contributed by atoms with Crippen LogP contribution in [0.4, 0.5) is 5.69 Å². The van der Waals surface area contributed by atoms with E-state index < -0.39 is 10.0 Å². The highest BCUT2D eigenvalue weighted by Crippen LogP contribution is 2.39. The first-order chi connectivity index (χ1) is 11.5. The molecule has 0 radical (unpaired) electrons. The Kier molecular flexibility index (Phi) is 3.92. The minimum Gasteiger partial charge on any atom is -0.309 e. The van der Waals surface area contributed by atoms with E-state index in [1.807, 2.05) is 17.9 Å². The van der Waals surface area contributed by atoms with Crippen molar-refractivity contribution in [1.29, 1.82) is 0 Å². The number of sulfonamides is 1. The Labute approximate surface area is 143 Å². The number of nitrogens with zero attached hydrogens (tertiary/aromatic N) is 2. The van der Waals surface area contributed by atoms with Crippen molar-refractivity contribution in [3.05, 3.63) is 23.8 Å². The molecule has 1 saturated carbocycles. The van der Waals surface area contributed by atoms with Gasteiger partial charge in [0, 0.05) is 30.7 Å². The molecule has 1 atom stereocenters. The molecule has 4 rings (SSSR count). The maximum Gasteiger partial charge on any atom is 0.243 e. The predicted octanol–water partition coefficient (Wildman–Crippen LogP) is 2.55. The zero-order valence-electron chi connectivity index (χ0n) is 14.1. The summed E-state index contributed by atoms with van der Waals surface area (Å²) >= 11 is 0. The van der Waals surface area contributed by atoms with Gasteiger partial charge >= 0.3 is 0 Å². The highest BCUT2D eigenvalue weighted by molar-refractivity contribution is 7.89. The molecule has 2 heterocycles. The molecule has 1 aliphatic carbocycles. The molecule has 1 amide bonds. The number of rotatable bonds is 3. The molecular formula is C18H24N2O3S. The molecule has 1 aromatic carbocycles. The van der Waals surface area contributed by atoms with Gasteiger partial charge < -0.3 is 4.90 Å². The number of carbonyl (C=O) groups excluding carboxylic acids is 1. The Morgan fingerprint density at radius 3 is 2.50 bits per heavy atom. The van der Waals surface area contributed by atoms with E-state index >= 15 is 0 Å². The standard InChI is InChI=1S/C18H24N2O3S/c1-13-11-15-12-16(24(22,23)19-9-3-2-4-10-19)7-8-17(15)20(13)18(21)14-5-6-14/h7-8,12-14H,2-6,9-11H2,1H3/t13-/m1/s1. The maximum absolute atomic E-state index is 12.8. The third kappa shape index (κ3) is 2.65. The number of carbonyl (C=O) groups is 1. The third-order valence-electron chi connectivity index (χ3n) is 5.38. The Morgan fingerprint density at radius 1 is 1.12 bits per heavy atom. The van der Waals surface area contributed by atoms with Gasteiger partial charge in [-0.3, -0.25) is 4.79 Å². The lowest BCUT2D eigenvalue weighted by Crippen LogP contribution is -2.36. The molecule has 1 saturated heterocycles. The van der Waals surface area contributed by atoms with Crippen LogP contribution in [0.25, 0.3) is 0 Å². The minimum absolute atomic E-state index is 0.112. The SMILES string of the molecule is C[C@@H]1Cc2cc(S(=O)(=O)N3CCCCC3)ccc2N1C(=O)C1CC1. The van der Waals surface area contributed by atoms with Gasteiger partial charge in [0.05, 0.1) is 4.90 Å². The number of anilines is 1. The van der Waals surface area contributed by atoms with Crippen LogP contribution in [-0.4, -0.2) is 37.8 Å². The van der Waals surface area contributed by atoms with Crippen molar-refractivity contribution in [3.8, 4) is 0 Å². The smallest absolute Gasteiger partial charge is 0.243 e. The molecule has 130 valence electrons. The molecule has 0 unspecified atom stereocenters. The Balaban J connectivity index is 1.64. The molecule has 1 aromatic rings. The molecule has 2 aliphatic heterocycles. The average molecular weight is 348 g/mol. The molecule has 2 fully saturated rings. The highest BCUT2D eigenvalue weighted by atomic mass is 32.2. The summed E-state index contributed by atoms with van der Waals surface area (Å²) in [5, 5.41) is 0. The lowest BCUT2D eigenvalue weighted by Gasteiger charge is -2.26. The number of hydrogen-bond donors (Lipinski definition) is 0. The number of fused-ring (bicyclic) bond motifs is 1. The van der Waals surface area contributed by atoms with E-state index in [1.165, 1.54) is 0 Å². The molecule has 3 aliphatic rings. The lowest BCUT2D eigenvalue weighted by molar-refractivity contribution is -0.120. The first kappa shape index (κ1) is 16.1. The highest BCUT2D eigenvalue weighted by Gasteiger charge is 2.40. The fourth-order valence-corrected chi connectivity index (χ4v) is 5.45. The van der Waals surface area contributed by atoms with Crippen LogP contribution in [0.2, 0.25) is 0 Å². The zero-order chi connectivity index (χ0) is 16.9. The average Bonchev–Trinajstić information content (AvgIpc) is 3.37. The number of piperidine rings is 1. The fourth-order valence-electron chi connectivity index (χ4n) is 3.89. The lowest BCUT2D eigenvalue weighted by atomic mass is 10.1. The second-order valence-electron chi connectivity index (χ2n) is 7.29. The largest absolute Gasteiger partial charge is 0.309 e. The Hall–Kier alpha value is -1.40. The van der Waals surface area contributed by atoms with Gasteiger partial charge in [-0.1, -0.05) is 6.42 Å². The second kappa shape index (κ2) is 5.85. The summed E-state index contributed by atoms with van der Waals surface area (Å²) in [6.45, 7) is 3.27. The van der Waals surface area contributed by atoms with Gasteiger partial charge in [0.1, 0.15) is 0 Å². The van der Waals surface area contributed by atoms with Crippen molar-refractivity contribution in [3.63, 3.8) is 0 Å². The van der Waals surface area contributed by atoms with Crippen LogP contribution in [0.5, 0.6) is 0 Å². The summed E-state index contributed by atoms with van der Waals surface area (Å²) in [6, 6.07) is 5.40. The van der Waals surface area contributed by atoms with Crippen molar-refractivity contribution in [2.24, 2.45) is 5.92 Å². The molecular weight excluding hydrogens is 324 g/mol. The molecule has 0 N–H and O–H groups in total. The molecule has 5 nitrogen and oxygen atoms in total. The maximum atomic E-state index is 12.8. The van der Waals surface area contributed by atoms with Gasteiger partial charge in [-0.05, 0) is 62.8 Å². The quantitative estimate of drug-likeness (QED) is 0.843. The summed E-state index contributed by atoms with van der Waals surface area (Å²) in [5.41, 5.74) is 1.88. The topological polar surface area (TPSA) is 57.7 Å². The molecule has 0 bridgehead atoms. The van der Waals surface area contributed by atoms with E-state index in [4.69, 9.17) is 0 Å². The van der Waals surface area contributed by atoms with Crippen LogP contribution in [0.3, 0.4) is 0 Å². The van der Waals surface area contributed by atoms with Crippen LogP contribution in [-0.2, 0) is 21.2 Å². The normalized spacial score (nSPS) is 24.9. The van der Waals surface area contributed by atoms with E-state index in [0.29, 0.717) is 18.0 Å². The number of hydrogen-bond acceptors (Lipinski definition) is 3. The molecule has 0 spiro atoms. The van der Waals surface area contributed by atoms with Gasteiger partial charge in [-0.25, -0.2) is 8.42 Å².